The molecule has 0 atom stereocenters. The minimum Gasteiger partial charge on any atom is -0.494 e. The van der Waals surface area contributed by atoms with Crippen LogP contribution in [-0.2, 0) is 4.74 Å². The van der Waals surface area contributed by atoms with Gasteiger partial charge in [-0.1, -0.05) is 50.4 Å². The smallest absolute Gasteiger partial charge is 0.166 e. The van der Waals surface area contributed by atoms with Crippen molar-refractivity contribution in [1.82, 2.24) is 0 Å². The van der Waals surface area contributed by atoms with E-state index in [1.807, 2.05) is 6.08 Å². The van der Waals surface area contributed by atoms with Crippen LogP contribution >= 0.6 is 0 Å². The number of allylic oxidation sites excluding steroid dienone is 2. The predicted octanol–water partition coefficient (Wildman–Crippen LogP) is 8.18. The number of rotatable bonds is 9. The third-order valence-corrected chi connectivity index (χ3v) is 5.97. The summed E-state index contributed by atoms with van der Waals surface area (Å²) in [6.45, 7) is 12.7. The van der Waals surface area contributed by atoms with E-state index in [1.165, 1.54) is 13.2 Å². The summed E-state index contributed by atoms with van der Waals surface area (Å²) >= 11 is 0. The van der Waals surface area contributed by atoms with Gasteiger partial charge in [-0.2, -0.15) is 0 Å². The van der Waals surface area contributed by atoms with Gasteiger partial charge in [-0.15, -0.1) is 6.58 Å². The van der Waals surface area contributed by atoms with Gasteiger partial charge in [0.2, 0.25) is 0 Å². The Labute approximate surface area is 212 Å². The Morgan fingerprint density at radius 2 is 1.64 bits per heavy atom. The van der Waals surface area contributed by atoms with Gasteiger partial charge in [0.1, 0.15) is 18.1 Å². The first-order chi connectivity index (χ1) is 17.2. The molecule has 2 aromatic rings. The standard InChI is InChI=1S/C26H27F3O3.C4H8/c1-16(14-24(27)17(2)31-3)15-32-21-10-6-19(7-11-21)23-13-12-22(25(28)26(23)29)18-4-8-20(30)9-5-18;1-3-4-2/h6-7,10-14,18,20,30H,1-2,4-5,8-9,15H2,3H3;3H,1,4H2,2H3/b24-14+;. The van der Waals surface area contributed by atoms with Crippen LogP contribution in [0.25, 0.3) is 11.1 Å². The molecule has 2 aromatic carbocycles. The molecular formula is C30H35F3O3. The molecule has 6 heteroatoms. The molecule has 1 aliphatic carbocycles. The van der Waals surface area contributed by atoms with Gasteiger partial charge >= 0.3 is 0 Å². The van der Waals surface area contributed by atoms with E-state index in [2.05, 4.69) is 26.7 Å². The molecule has 0 saturated heterocycles. The minimum atomic E-state index is -0.880. The third kappa shape index (κ3) is 8.16. The number of aliphatic hydroxyl groups is 1. The lowest BCUT2D eigenvalue weighted by atomic mass is 9.82. The Kier molecular flexibility index (Phi) is 11.5. The number of aliphatic hydroxyl groups excluding tert-OH is 1. The Bertz CT molecular complexity index is 1070. The second-order valence-corrected chi connectivity index (χ2v) is 8.62. The van der Waals surface area contributed by atoms with E-state index in [1.54, 1.807) is 36.4 Å². The molecule has 0 amide bonds. The number of benzene rings is 2. The molecule has 0 heterocycles. The molecule has 1 aliphatic rings. The zero-order chi connectivity index (χ0) is 26.7. The average Bonchev–Trinajstić information content (AvgIpc) is 2.89. The van der Waals surface area contributed by atoms with Crippen LogP contribution in [0.5, 0.6) is 5.75 Å². The molecule has 1 N–H and O–H groups in total. The molecule has 36 heavy (non-hydrogen) atoms. The number of hydrogen-bond acceptors (Lipinski definition) is 3. The van der Waals surface area contributed by atoms with Crippen LogP contribution in [0.3, 0.4) is 0 Å². The Balaban J connectivity index is 0.00000106. The second kappa shape index (κ2) is 14.3. The summed E-state index contributed by atoms with van der Waals surface area (Å²) in [6, 6.07) is 9.76. The molecule has 0 aromatic heterocycles. The van der Waals surface area contributed by atoms with Gasteiger partial charge < -0.3 is 14.6 Å². The number of ether oxygens (including phenoxy) is 2. The van der Waals surface area contributed by atoms with Gasteiger partial charge in [0.15, 0.2) is 17.5 Å². The number of methoxy groups -OCH3 is 1. The predicted molar refractivity (Wildman–Crippen MR) is 139 cm³/mol. The van der Waals surface area contributed by atoms with Crippen molar-refractivity contribution in [3.8, 4) is 16.9 Å². The first-order valence-corrected chi connectivity index (χ1v) is 12.0. The molecule has 3 rings (SSSR count). The Morgan fingerprint density at radius 1 is 1.03 bits per heavy atom. The van der Waals surface area contributed by atoms with Crippen LogP contribution < -0.4 is 4.74 Å². The number of hydrogen-bond donors (Lipinski definition) is 1. The summed E-state index contributed by atoms with van der Waals surface area (Å²) in [7, 11) is 1.32. The topological polar surface area (TPSA) is 38.7 Å². The Morgan fingerprint density at radius 3 is 2.19 bits per heavy atom. The van der Waals surface area contributed by atoms with E-state index in [4.69, 9.17) is 9.47 Å². The largest absolute Gasteiger partial charge is 0.494 e. The van der Waals surface area contributed by atoms with Crippen molar-refractivity contribution in [3.63, 3.8) is 0 Å². The molecule has 1 fully saturated rings. The third-order valence-electron chi connectivity index (χ3n) is 5.97. The van der Waals surface area contributed by atoms with E-state index in [-0.39, 0.29) is 30.0 Å². The Hall–Kier alpha value is -3.25. The summed E-state index contributed by atoms with van der Waals surface area (Å²) in [6.07, 6.45) is 6.28. The molecule has 1 saturated carbocycles. The molecule has 0 radical (unpaired) electrons. The van der Waals surface area contributed by atoms with E-state index in [0.717, 1.165) is 6.42 Å². The van der Waals surface area contributed by atoms with Crippen LogP contribution in [0.2, 0.25) is 0 Å². The maximum Gasteiger partial charge on any atom is 0.166 e. The number of halogens is 3. The van der Waals surface area contributed by atoms with Crippen LogP contribution in [-0.4, -0.2) is 24.9 Å². The molecule has 194 valence electrons. The maximum atomic E-state index is 14.8. The molecule has 0 aliphatic heterocycles. The quantitative estimate of drug-likeness (QED) is 0.214. The van der Waals surface area contributed by atoms with Gasteiger partial charge in [0, 0.05) is 5.56 Å². The van der Waals surface area contributed by atoms with E-state index in [0.29, 0.717) is 48.1 Å². The van der Waals surface area contributed by atoms with Gasteiger partial charge in [-0.3, -0.25) is 0 Å². The second-order valence-electron chi connectivity index (χ2n) is 8.62. The van der Waals surface area contributed by atoms with Gasteiger partial charge in [0.25, 0.3) is 0 Å². The first kappa shape index (κ1) is 29.0. The highest BCUT2D eigenvalue weighted by atomic mass is 19.2. The van der Waals surface area contributed by atoms with Crippen molar-refractivity contribution >= 4 is 0 Å². The maximum absolute atomic E-state index is 14.8. The normalized spacial score (nSPS) is 17.4. The van der Waals surface area contributed by atoms with Crippen molar-refractivity contribution in [1.29, 1.82) is 0 Å². The molecule has 0 spiro atoms. The average molecular weight is 501 g/mol. The fourth-order valence-electron chi connectivity index (χ4n) is 3.80. The summed E-state index contributed by atoms with van der Waals surface area (Å²) in [5, 5.41) is 9.64. The fourth-order valence-corrected chi connectivity index (χ4v) is 3.80. The lowest BCUT2D eigenvalue weighted by Crippen LogP contribution is -2.18. The van der Waals surface area contributed by atoms with Crippen molar-refractivity contribution in [2.75, 3.05) is 13.7 Å². The summed E-state index contributed by atoms with van der Waals surface area (Å²) in [5.74, 6) is -2.04. The highest BCUT2D eigenvalue weighted by molar-refractivity contribution is 5.65. The summed E-state index contributed by atoms with van der Waals surface area (Å²) in [5.41, 5.74) is 1.43. The van der Waals surface area contributed by atoms with Crippen molar-refractivity contribution in [3.05, 3.63) is 103 Å². The van der Waals surface area contributed by atoms with Crippen LogP contribution in [0.4, 0.5) is 13.2 Å². The van der Waals surface area contributed by atoms with Crippen LogP contribution in [0.1, 0.15) is 50.5 Å². The molecular weight excluding hydrogens is 465 g/mol. The molecule has 3 nitrogen and oxygen atoms in total. The lowest BCUT2D eigenvalue weighted by Gasteiger charge is -2.26. The highest BCUT2D eigenvalue weighted by Crippen LogP contribution is 2.37. The van der Waals surface area contributed by atoms with Crippen LogP contribution in [0, 0.1) is 11.6 Å². The monoisotopic (exact) mass is 500 g/mol. The van der Waals surface area contributed by atoms with E-state index in [9.17, 15) is 18.3 Å². The summed E-state index contributed by atoms with van der Waals surface area (Å²) in [4.78, 5) is 0. The fraction of sp³-hybridized carbons (Fsp3) is 0.333. The molecule has 0 unspecified atom stereocenters. The first-order valence-electron chi connectivity index (χ1n) is 12.0. The highest BCUT2D eigenvalue weighted by Gasteiger charge is 2.25. The molecule has 0 bridgehead atoms. The van der Waals surface area contributed by atoms with E-state index < -0.39 is 17.5 Å². The van der Waals surface area contributed by atoms with Gasteiger partial charge in [0.05, 0.1) is 13.2 Å². The van der Waals surface area contributed by atoms with Gasteiger partial charge in [-0.05, 0) is 72.9 Å². The van der Waals surface area contributed by atoms with Crippen molar-refractivity contribution in [2.45, 2.75) is 51.0 Å². The zero-order valence-electron chi connectivity index (χ0n) is 21.0. The minimum absolute atomic E-state index is 0.0392. The van der Waals surface area contributed by atoms with Crippen molar-refractivity contribution in [2.24, 2.45) is 0 Å². The zero-order valence-corrected chi connectivity index (χ0v) is 21.0. The van der Waals surface area contributed by atoms with Gasteiger partial charge in [-0.25, -0.2) is 13.2 Å². The lowest BCUT2D eigenvalue weighted by molar-refractivity contribution is 0.122. The van der Waals surface area contributed by atoms with Crippen molar-refractivity contribution < 1.29 is 27.8 Å². The van der Waals surface area contributed by atoms with Crippen LogP contribution in [0.15, 0.2) is 85.4 Å². The van der Waals surface area contributed by atoms with E-state index >= 15 is 0 Å². The summed E-state index contributed by atoms with van der Waals surface area (Å²) < 4.78 is 53.6. The SMILES string of the molecule is C=C(/C=C(/F)C(=C)OC)COc1ccc(-c2ccc(C3CCC(O)CC3)c(F)c2F)cc1.C=CCC.